The van der Waals surface area contributed by atoms with Gasteiger partial charge in [-0.05, 0) is 19.1 Å². The zero-order chi connectivity index (χ0) is 15.6. The molecule has 0 fully saturated rings. The molecule has 21 heavy (non-hydrogen) atoms. The summed E-state index contributed by atoms with van der Waals surface area (Å²) in [6, 6.07) is 3.06. The van der Waals surface area contributed by atoms with Gasteiger partial charge < -0.3 is 4.74 Å². The van der Waals surface area contributed by atoms with Crippen LogP contribution < -0.4 is 0 Å². The lowest BCUT2D eigenvalue weighted by atomic mass is 10.1. The van der Waals surface area contributed by atoms with Crippen LogP contribution in [0, 0.1) is 0 Å². The van der Waals surface area contributed by atoms with Crippen LogP contribution in [0.15, 0.2) is 18.2 Å². The normalized spacial score (nSPS) is 11.5. The van der Waals surface area contributed by atoms with Gasteiger partial charge in [-0.2, -0.15) is 23.5 Å². The predicted molar refractivity (Wildman–Crippen MR) is 67.8 cm³/mol. The number of ether oxygens (including phenoxy) is 1. The van der Waals surface area contributed by atoms with Gasteiger partial charge in [0.1, 0.15) is 5.69 Å². The predicted octanol–water partition coefficient (Wildman–Crippen LogP) is 3.32. The Balaban J connectivity index is 2.43. The van der Waals surface area contributed by atoms with Crippen LogP contribution in [0.1, 0.15) is 23.0 Å². The van der Waals surface area contributed by atoms with Gasteiger partial charge in [-0.1, -0.05) is 17.7 Å². The van der Waals surface area contributed by atoms with Crippen molar-refractivity contribution in [1.29, 1.82) is 0 Å². The van der Waals surface area contributed by atoms with Crippen LogP contribution in [0.4, 0.5) is 13.2 Å². The second kappa shape index (κ2) is 5.72. The van der Waals surface area contributed by atoms with E-state index in [1.165, 1.54) is 0 Å². The fraction of sp³-hybridized carbons (Fsp3) is 0.250. The molecule has 0 unspecified atom stereocenters. The Morgan fingerprint density at radius 1 is 1.38 bits per heavy atom. The highest BCUT2D eigenvalue weighted by atomic mass is 35.5. The summed E-state index contributed by atoms with van der Waals surface area (Å²) < 4.78 is 42.7. The number of esters is 1. The van der Waals surface area contributed by atoms with E-state index in [1.807, 2.05) is 0 Å². The number of nitrogens with zero attached hydrogens (tertiary/aromatic N) is 2. The number of halogens is 4. The largest absolute Gasteiger partial charge is 0.461 e. The van der Waals surface area contributed by atoms with Crippen molar-refractivity contribution < 1.29 is 22.7 Å². The van der Waals surface area contributed by atoms with E-state index in [-0.39, 0.29) is 23.6 Å². The van der Waals surface area contributed by atoms with Crippen LogP contribution in [0.5, 0.6) is 0 Å². The molecule has 112 valence electrons. The van der Waals surface area contributed by atoms with Crippen molar-refractivity contribution in [2.45, 2.75) is 13.1 Å². The fourth-order valence-corrected chi connectivity index (χ4v) is 1.95. The molecule has 0 atom stereocenters. The summed E-state index contributed by atoms with van der Waals surface area (Å²) >= 11 is 5.63. The van der Waals surface area contributed by atoms with E-state index in [0.717, 1.165) is 18.2 Å². The van der Waals surface area contributed by atoms with Crippen LogP contribution in [0.2, 0.25) is 5.02 Å². The number of carbonyl (C=O) groups is 1. The summed E-state index contributed by atoms with van der Waals surface area (Å²) in [6.07, 6.45) is -4.55. The third-order valence-electron chi connectivity index (χ3n) is 2.56. The van der Waals surface area contributed by atoms with E-state index in [9.17, 15) is 18.0 Å². The molecule has 1 N–H and O–H groups in total. The first-order valence-corrected chi connectivity index (χ1v) is 6.17. The molecule has 0 radical (unpaired) electrons. The van der Waals surface area contributed by atoms with E-state index in [4.69, 9.17) is 16.3 Å². The first kappa shape index (κ1) is 15.3. The van der Waals surface area contributed by atoms with Crippen LogP contribution in [-0.4, -0.2) is 28.0 Å². The quantitative estimate of drug-likeness (QED) is 0.881. The molecule has 0 aliphatic carbocycles. The number of alkyl halides is 3. The van der Waals surface area contributed by atoms with Crippen molar-refractivity contribution in [2.24, 2.45) is 0 Å². The van der Waals surface area contributed by atoms with Gasteiger partial charge in [0.2, 0.25) is 0 Å². The van der Waals surface area contributed by atoms with Gasteiger partial charge in [0, 0.05) is 5.56 Å². The average Bonchev–Trinajstić information content (AvgIpc) is 2.86. The highest BCUT2D eigenvalue weighted by Gasteiger charge is 2.33. The minimum Gasteiger partial charge on any atom is -0.461 e. The molecule has 9 heteroatoms. The monoisotopic (exact) mass is 319 g/mol. The highest BCUT2D eigenvalue weighted by Crippen LogP contribution is 2.36. The number of aromatic nitrogens is 3. The Bertz CT molecular complexity index is 670. The van der Waals surface area contributed by atoms with Gasteiger partial charge in [-0.25, -0.2) is 4.79 Å². The Kier molecular flexibility index (Phi) is 4.17. The molecule has 1 aromatic carbocycles. The van der Waals surface area contributed by atoms with E-state index in [0.29, 0.717) is 0 Å². The number of aromatic amines is 1. The maximum atomic E-state index is 12.6. The Morgan fingerprint density at radius 2 is 2.10 bits per heavy atom. The van der Waals surface area contributed by atoms with Crippen LogP contribution in [0.3, 0.4) is 0 Å². The number of rotatable bonds is 3. The van der Waals surface area contributed by atoms with Gasteiger partial charge in [0.15, 0.2) is 5.69 Å². The summed E-state index contributed by atoms with van der Waals surface area (Å²) in [5, 5.41) is 9.13. The number of benzene rings is 1. The van der Waals surface area contributed by atoms with Gasteiger partial charge >= 0.3 is 12.1 Å². The smallest absolute Gasteiger partial charge is 0.417 e. The minimum absolute atomic E-state index is 0.0732. The second-order valence-corrected chi connectivity index (χ2v) is 4.34. The summed E-state index contributed by atoms with van der Waals surface area (Å²) in [6.45, 7) is 1.76. The molecule has 0 spiro atoms. The Hall–Kier alpha value is -2.09. The first-order valence-electron chi connectivity index (χ1n) is 5.79. The van der Waals surface area contributed by atoms with Crippen molar-refractivity contribution in [1.82, 2.24) is 15.4 Å². The third-order valence-corrected chi connectivity index (χ3v) is 2.88. The number of hydrogen-bond donors (Lipinski definition) is 1. The highest BCUT2D eigenvalue weighted by molar-refractivity contribution is 6.31. The second-order valence-electron chi connectivity index (χ2n) is 3.93. The van der Waals surface area contributed by atoms with Crippen molar-refractivity contribution in [3.05, 3.63) is 34.5 Å². The zero-order valence-electron chi connectivity index (χ0n) is 10.7. The van der Waals surface area contributed by atoms with Crippen LogP contribution in [-0.2, 0) is 10.9 Å². The molecule has 1 aromatic heterocycles. The topological polar surface area (TPSA) is 67.9 Å². The number of H-pyrrole nitrogens is 1. The number of hydrogen-bond acceptors (Lipinski definition) is 4. The maximum Gasteiger partial charge on any atom is 0.417 e. The van der Waals surface area contributed by atoms with E-state index < -0.39 is 22.7 Å². The van der Waals surface area contributed by atoms with Crippen LogP contribution >= 0.6 is 11.6 Å². The van der Waals surface area contributed by atoms with Gasteiger partial charge in [0.05, 0.1) is 17.2 Å². The molecule has 2 aromatic rings. The molecular formula is C12H9ClF3N3O2. The van der Waals surface area contributed by atoms with Crippen molar-refractivity contribution >= 4 is 17.6 Å². The van der Waals surface area contributed by atoms with Crippen molar-refractivity contribution in [2.75, 3.05) is 6.61 Å². The lowest BCUT2D eigenvalue weighted by Gasteiger charge is -2.09. The lowest BCUT2D eigenvalue weighted by Crippen LogP contribution is -2.08. The lowest BCUT2D eigenvalue weighted by molar-refractivity contribution is -0.137. The summed E-state index contributed by atoms with van der Waals surface area (Å²) in [4.78, 5) is 11.7. The summed E-state index contributed by atoms with van der Waals surface area (Å²) in [7, 11) is 0. The molecule has 0 amide bonds. The Labute approximate surface area is 122 Å². The fourth-order valence-electron chi connectivity index (χ4n) is 1.67. The van der Waals surface area contributed by atoms with Gasteiger partial charge in [-0.15, -0.1) is 5.10 Å². The molecular weight excluding hydrogens is 311 g/mol. The maximum absolute atomic E-state index is 12.6. The molecule has 0 aliphatic rings. The zero-order valence-corrected chi connectivity index (χ0v) is 11.4. The van der Waals surface area contributed by atoms with Crippen molar-refractivity contribution in [3.63, 3.8) is 0 Å². The number of nitrogens with one attached hydrogen (secondary N) is 1. The van der Waals surface area contributed by atoms with Crippen molar-refractivity contribution in [3.8, 4) is 11.3 Å². The van der Waals surface area contributed by atoms with E-state index in [1.54, 1.807) is 6.92 Å². The molecule has 0 bridgehead atoms. The van der Waals surface area contributed by atoms with Gasteiger partial charge in [0.25, 0.3) is 0 Å². The molecule has 0 aliphatic heterocycles. The van der Waals surface area contributed by atoms with Crippen LogP contribution in [0.25, 0.3) is 11.3 Å². The summed E-state index contributed by atoms with van der Waals surface area (Å²) in [5.41, 5.74) is -0.782. The minimum atomic E-state index is -4.55. The molecule has 0 saturated heterocycles. The average molecular weight is 320 g/mol. The summed E-state index contributed by atoms with van der Waals surface area (Å²) in [5.74, 6) is -0.725. The van der Waals surface area contributed by atoms with E-state index in [2.05, 4.69) is 15.4 Å². The first-order chi connectivity index (χ1) is 9.84. The molecule has 0 saturated carbocycles. The molecule has 1 heterocycles. The standard InChI is InChI=1S/C12H9ClF3N3O2/c1-2-21-11(20)10-9(17-19-18-10)6-3-4-7(8(13)5-6)12(14,15)16/h3-5H,2H2,1H3,(H,17,18,19). The molecule has 5 nitrogen and oxygen atoms in total. The Morgan fingerprint density at radius 3 is 2.67 bits per heavy atom. The SMILES string of the molecule is CCOC(=O)c1n[nH]nc1-c1ccc(C(F)(F)F)c(Cl)c1. The third kappa shape index (κ3) is 3.15. The molecule has 2 rings (SSSR count). The van der Waals surface area contributed by atoms with Gasteiger partial charge in [-0.3, -0.25) is 0 Å². The van der Waals surface area contributed by atoms with E-state index >= 15 is 0 Å². The number of carbonyl (C=O) groups excluding carboxylic acids is 1.